The Kier molecular flexibility index (Phi) is 1.89. The van der Waals surface area contributed by atoms with Crippen molar-refractivity contribution in [3.8, 4) is 0 Å². The van der Waals surface area contributed by atoms with E-state index in [1.807, 2.05) is 6.20 Å². The Morgan fingerprint density at radius 1 is 1.75 bits per heavy atom. The maximum Gasteiger partial charge on any atom is 0.136 e. The summed E-state index contributed by atoms with van der Waals surface area (Å²) in [5.41, 5.74) is 2.55. The molecule has 0 saturated carbocycles. The molecular weight excluding hydrogens is 152 g/mol. The quantitative estimate of drug-likeness (QED) is 0.674. The van der Waals surface area contributed by atoms with E-state index in [9.17, 15) is 0 Å². The van der Waals surface area contributed by atoms with Gasteiger partial charge in [-0.25, -0.2) is 4.68 Å². The Balaban J connectivity index is 2.32. The van der Waals surface area contributed by atoms with Crippen molar-refractivity contribution in [3.05, 3.63) is 17.5 Å². The van der Waals surface area contributed by atoms with Gasteiger partial charge in [-0.3, -0.25) is 0 Å². The van der Waals surface area contributed by atoms with Crippen LogP contribution in [0, 0.1) is 5.92 Å². The van der Waals surface area contributed by atoms with E-state index < -0.39 is 0 Å². The molecule has 0 bridgehead atoms. The molecule has 0 amide bonds. The molecule has 3 nitrogen and oxygen atoms in total. The zero-order valence-corrected chi connectivity index (χ0v) is 7.32. The summed E-state index contributed by atoms with van der Waals surface area (Å²) < 4.78 is 1.70. The van der Waals surface area contributed by atoms with Crippen molar-refractivity contribution in [2.75, 3.05) is 0 Å². The summed E-state index contributed by atoms with van der Waals surface area (Å²) >= 11 is 0. The molecule has 1 heterocycles. The average molecular weight is 166 g/mol. The number of aliphatic hydroxyl groups excluding tert-OH is 1. The number of aliphatic hydroxyl groups is 1. The third kappa shape index (κ3) is 1.14. The summed E-state index contributed by atoms with van der Waals surface area (Å²) in [5.74, 6) is 0.772. The molecule has 1 aliphatic rings. The van der Waals surface area contributed by atoms with Gasteiger partial charge in [-0.15, -0.1) is 0 Å². The topological polar surface area (TPSA) is 38.0 Å². The molecule has 1 aromatic heterocycles. The fraction of sp³-hybridized carbons (Fsp3) is 0.667. The van der Waals surface area contributed by atoms with E-state index in [0.717, 1.165) is 18.8 Å². The Hall–Kier alpha value is -0.830. The lowest BCUT2D eigenvalue weighted by Crippen LogP contribution is -2.14. The lowest BCUT2D eigenvalue weighted by atomic mass is 9.89. The smallest absolute Gasteiger partial charge is 0.136 e. The van der Waals surface area contributed by atoms with Crippen molar-refractivity contribution in [1.29, 1.82) is 0 Å². The zero-order chi connectivity index (χ0) is 8.55. The van der Waals surface area contributed by atoms with Crippen LogP contribution in [0.4, 0.5) is 0 Å². The number of hydrogen-bond acceptors (Lipinski definition) is 2. The van der Waals surface area contributed by atoms with Crippen molar-refractivity contribution in [2.24, 2.45) is 5.92 Å². The van der Waals surface area contributed by atoms with Crippen LogP contribution in [0.1, 0.15) is 24.6 Å². The van der Waals surface area contributed by atoms with Gasteiger partial charge in [0.1, 0.15) is 6.73 Å². The second-order valence-electron chi connectivity index (χ2n) is 3.61. The zero-order valence-electron chi connectivity index (χ0n) is 7.32. The molecule has 2 rings (SSSR count). The van der Waals surface area contributed by atoms with Gasteiger partial charge in [-0.2, -0.15) is 5.10 Å². The van der Waals surface area contributed by atoms with Crippen LogP contribution < -0.4 is 0 Å². The highest BCUT2D eigenvalue weighted by Gasteiger charge is 2.18. The molecule has 1 aliphatic carbocycles. The Morgan fingerprint density at radius 3 is 3.33 bits per heavy atom. The van der Waals surface area contributed by atoms with E-state index in [4.69, 9.17) is 5.11 Å². The van der Waals surface area contributed by atoms with Gasteiger partial charge in [0, 0.05) is 5.69 Å². The first-order chi connectivity index (χ1) is 5.81. The average Bonchev–Trinajstić information content (AvgIpc) is 2.46. The number of rotatable bonds is 1. The highest BCUT2D eigenvalue weighted by Crippen LogP contribution is 2.24. The van der Waals surface area contributed by atoms with Crippen molar-refractivity contribution in [3.63, 3.8) is 0 Å². The standard InChI is InChI=1S/C9H14N2O/c1-7-2-3-9-8(4-7)5-10-11(9)6-12/h5,7,12H,2-4,6H2,1H3. The number of nitrogens with zero attached hydrogens (tertiary/aromatic N) is 2. The van der Waals surface area contributed by atoms with Crippen LogP contribution >= 0.6 is 0 Å². The lowest BCUT2D eigenvalue weighted by Gasteiger charge is -2.18. The monoisotopic (exact) mass is 166 g/mol. The fourth-order valence-corrected chi connectivity index (χ4v) is 1.89. The summed E-state index contributed by atoms with van der Waals surface area (Å²) in [4.78, 5) is 0. The molecular formula is C9H14N2O. The summed E-state index contributed by atoms with van der Waals surface area (Å²) in [6, 6.07) is 0. The molecule has 0 spiro atoms. The van der Waals surface area contributed by atoms with Gasteiger partial charge < -0.3 is 5.11 Å². The maximum atomic E-state index is 8.95. The third-order valence-corrected chi connectivity index (χ3v) is 2.61. The van der Waals surface area contributed by atoms with Crippen LogP contribution in [0.15, 0.2) is 6.20 Å². The second-order valence-corrected chi connectivity index (χ2v) is 3.61. The minimum absolute atomic E-state index is 0.0176. The van der Waals surface area contributed by atoms with Crippen molar-refractivity contribution < 1.29 is 5.11 Å². The van der Waals surface area contributed by atoms with E-state index in [1.165, 1.54) is 17.7 Å². The molecule has 1 N–H and O–H groups in total. The Labute approximate surface area is 72.0 Å². The maximum absolute atomic E-state index is 8.95. The number of fused-ring (bicyclic) bond motifs is 1. The predicted octanol–water partition coefficient (Wildman–Crippen LogP) is 0.958. The van der Waals surface area contributed by atoms with Crippen LogP contribution in [0.25, 0.3) is 0 Å². The summed E-state index contributed by atoms with van der Waals surface area (Å²) in [6.45, 7) is 2.28. The SMILES string of the molecule is CC1CCc2c(cnn2CO)C1. The van der Waals surface area contributed by atoms with Crippen molar-refractivity contribution in [2.45, 2.75) is 32.9 Å². The normalized spacial score (nSPS) is 22.3. The molecule has 0 saturated heterocycles. The van der Waals surface area contributed by atoms with Crippen LogP contribution in [0.2, 0.25) is 0 Å². The first kappa shape index (κ1) is 7.80. The molecule has 3 heteroatoms. The molecule has 0 aromatic carbocycles. The molecule has 12 heavy (non-hydrogen) atoms. The Bertz CT molecular complexity index is 280. The van der Waals surface area contributed by atoms with Gasteiger partial charge >= 0.3 is 0 Å². The minimum atomic E-state index is 0.0176. The van der Waals surface area contributed by atoms with E-state index >= 15 is 0 Å². The molecule has 1 unspecified atom stereocenters. The first-order valence-corrected chi connectivity index (χ1v) is 4.45. The van der Waals surface area contributed by atoms with Crippen LogP contribution in [0.3, 0.4) is 0 Å². The number of hydrogen-bond donors (Lipinski definition) is 1. The lowest BCUT2D eigenvalue weighted by molar-refractivity contribution is 0.190. The highest BCUT2D eigenvalue weighted by atomic mass is 16.3. The van der Waals surface area contributed by atoms with Gasteiger partial charge in [-0.05, 0) is 30.7 Å². The molecule has 0 fully saturated rings. The second kappa shape index (κ2) is 2.90. The first-order valence-electron chi connectivity index (χ1n) is 4.45. The van der Waals surface area contributed by atoms with E-state index in [-0.39, 0.29) is 6.73 Å². The molecule has 0 radical (unpaired) electrons. The van der Waals surface area contributed by atoms with E-state index in [2.05, 4.69) is 12.0 Å². The fourth-order valence-electron chi connectivity index (χ4n) is 1.89. The Morgan fingerprint density at radius 2 is 2.58 bits per heavy atom. The molecule has 1 atom stereocenters. The van der Waals surface area contributed by atoms with Gasteiger partial charge in [0.25, 0.3) is 0 Å². The van der Waals surface area contributed by atoms with Crippen LogP contribution in [0.5, 0.6) is 0 Å². The third-order valence-electron chi connectivity index (χ3n) is 2.61. The van der Waals surface area contributed by atoms with Crippen LogP contribution in [-0.4, -0.2) is 14.9 Å². The van der Waals surface area contributed by atoms with Crippen molar-refractivity contribution in [1.82, 2.24) is 9.78 Å². The summed E-state index contributed by atoms with van der Waals surface area (Å²) in [6.07, 6.45) is 5.30. The minimum Gasteiger partial charge on any atom is -0.374 e. The van der Waals surface area contributed by atoms with Gasteiger partial charge in [0.2, 0.25) is 0 Å². The van der Waals surface area contributed by atoms with Gasteiger partial charge in [0.05, 0.1) is 6.20 Å². The van der Waals surface area contributed by atoms with Gasteiger partial charge in [0.15, 0.2) is 0 Å². The van der Waals surface area contributed by atoms with E-state index in [1.54, 1.807) is 4.68 Å². The largest absolute Gasteiger partial charge is 0.374 e. The summed E-state index contributed by atoms with van der Waals surface area (Å²) in [7, 11) is 0. The highest BCUT2D eigenvalue weighted by molar-refractivity contribution is 5.21. The van der Waals surface area contributed by atoms with Crippen molar-refractivity contribution >= 4 is 0 Å². The molecule has 66 valence electrons. The predicted molar refractivity (Wildman–Crippen MR) is 45.6 cm³/mol. The molecule has 1 aromatic rings. The van der Waals surface area contributed by atoms with E-state index in [0.29, 0.717) is 0 Å². The number of aromatic nitrogens is 2. The summed E-state index contributed by atoms with van der Waals surface area (Å²) in [5, 5.41) is 13.1. The van der Waals surface area contributed by atoms with Crippen LogP contribution in [-0.2, 0) is 19.6 Å². The van der Waals surface area contributed by atoms with Gasteiger partial charge in [-0.1, -0.05) is 6.92 Å². The molecule has 0 aliphatic heterocycles.